The normalized spacial score (nSPS) is 10.1. The molecule has 0 saturated heterocycles. The molecule has 0 heterocycles. The molecule has 0 aliphatic heterocycles. The fraction of sp³-hybridized carbons (Fsp3) is 0.105. The Labute approximate surface area is 151 Å². The van der Waals surface area contributed by atoms with Gasteiger partial charge in [0.25, 0.3) is 0 Å². The molecule has 0 bridgehead atoms. The van der Waals surface area contributed by atoms with E-state index in [-0.39, 0.29) is 17.0 Å². The topological polar surface area (TPSA) is 33.1 Å². The number of nitrogens with one attached hydrogen (secondary N) is 1. The molecule has 0 radical (unpaired) electrons. The first-order chi connectivity index (χ1) is 10.8. The van der Waals surface area contributed by atoms with Crippen LogP contribution in [0, 0.1) is 5.41 Å². The SMILES string of the molecule is Br.COc1cccc(C(=N)SCc2ccc3ccccc3c2)c1. The Morgan fingerprint density at radius 3 is 2.52 bits per heavy atom. The van der Waals surface area contributed by atoms with Crippen LogP contribution in [0.5, 0.6) is 5.75 Å². The first-order valence-electron chi connectivity index (χ1n) is 7.10. The van der Waals surface area contributed by atoms with Crippen molar-refractivity contribution in [2.24, 2.45) is 0 Å². The molecule has 0 unspecified atom stereocenters. The summed E-state index contributed by atoms with van der Waals surface area (Å²) in [4.78, 5) is 0. The van der Waals surface area contributed by atoms with Crippen LogP contribution in [0.4, 0.5) is 0 Å². The highest BCUT2D eigenvalue weighted by atomic mass is 79.9. The molecule has 0 spiro atoms. The molecule has 3 aromatic carbocycles. The summed E-state index contributed by atoms with van der Waals surface area (Å²) in [7, 11) is 1.64. The number of benzene rings is 3. The lowest BCUT2D eigenvalue weighted by Gasteiger charge is -2.07. The predicted molar refractivity (Wildman–Crippen MR) is 105 cm³/mol. The van der Waals surface area contributed by atoms with Crippen LogP contribution in [-0.4, -0.2) is 12.2 Å². The molecule has 0 atom stereocenters. The molecule has 2 nitrogen and oxygen atoms in total. The largest absolute Gasteiger partial charge is 0.497 e. The number of rotatable bonds is 4. The van der Waals surface area contributed by atoms with Crippen LogP contribution in [0.15, 0.2) is 66.7 Å². The van der Waals surface area contributed by atoms with Crippen molar-refractivity contribution < 1.29 is 4.74 Å². The standard InChI is InChI=1S/C19H17NOS.BrH/c1-21-18-8-4-7-17(12-18)19(20)22-13-14-9-10-15-5-2-3-6-16(15)11-14;/h2-12,20H,13H2,1H3;1H. The number of halogens is 1. The molecule has 4 heteroatoms. The summed E-state index contributed by atoms with van der Waals surface area (Å²) >= 11 is 1.54. The second-order valence-corrected chi connectivity index (χ2v) is 6.02. The molecule has 0 saturated carbocycles. The summed E-state index contributed by atoms with van der Waals surface area (Å²) < 4.78 is 5.21. The Kier molecular flexibility index (Phi) is 6.25. The van der Waals surface area contributed by atoms with Crippen LogP contribution in [-0.2, 0) is 5.75 Å². The van der Waals surface area contributed by atoms with E-state index in [1.807, 2.05) is 24.3 Å². The molecule has 0 aromatic heterocycles. The van der Waals surface area contributed by atoms with Gasteiger partial charge in [-0.25, -0.2) is 0 Å². The fourth-order valence-corrected chi connectivity index (χ4v) is 3.12. The fourth-order valence-electron chi connectivity index (χ4n) is 2.33. The lowest BCUT2D eigenvalue weighted by Crippen LogP contribution is -1.95. The van der Waals surface area contributed by atoms with E-state index in [0.29, 0.717) is 5.04 Å². The van der Waals surface area contributed by atoms with E-state index < -0.39 is 0 Å². The molecule has 0 aliphatic rings. The van der Waals surface area contributed by atoms with E-state index in [1.54, 1.807) is 7.11 Å². The van der Waals surface area contributed by atoms with Crippen LogP contribution in [0.2, 0.25) is 0 Å². The van der Waals surface area contributed by atoms with Crippen molar-refractivity contribution in [3.05, 3.63) is 77.9 Å². The summed E-state index contributed by atoms with van der Waals surface area (Å²) in [5.41, 5.74) is 2.13. The monoisotopic (exact) mass is 387 g/mol. The third-order valence-corrected chi connectivity index (χ3v) is 4.53. The predicted octanol–water partition coefficient (Wildman–Crippen LogP) is 5.69. The first kappa shape index (κ1) is 17.6. The minimum Gasteiger partial charge on any atom is -0.497 e. The van der Waals surface area contributed by atoms with Gasteiger partial charge in [-0.15, -0.1) is 28.7 Å². The van der Waals surface area contributed by atoms with Crippen LogP contribution < -0.4 is 4.74 Å². The highest BCUT2D eigenvalue weighted by Gasteiger charge is 2.05. The average molecular weight is 388 g/mol. The molecule has 3 aromatic rings. The summed E-state index contributed by atoms with van der Waals surface area (Å²) in [6.07, 6.45) is 0. The van der Waals surface area contributed by atoms with Gasteiger partial charge in [-0.05, 0) is 28.5 Å². The van der Waals surface area contributed by atoms with Gasteiger partial charge in [-0.1, -0.05) is 54.6 Å². The molecule has 0 amide bonds. The van der Waals surface area contributed by atoms with Crippen molar-refractivity contribution in [1.82, 2.24) is 0 Å². The van der Waals surface area contributed by atoms with Gasteiger partial charge in [0.1, 0.15) is 5.75 Å². The molecule has 0 aliphatic carbocycles. The van der Waals surface area contributed by atoms with Gasteiger partial charge in [0, 0.05) is 11.3 Å². The zero-order valence-electron chi connectivity index (χ0n) is 12.8. The zero-order chi connectivity index (χ0) is 15.4. The number of ether oxygens (including phenoxy) is 1. The zero-order valence-corrected chi connectivity index (χ0v) is 15.3. The van der Waals surface area contributed by atoms with Gasteiger partial charge in [0.05, 0.1) is 12.2 Å². The van der Waals surface area contributed by atoms with Crippen LogP contribution in [0.3, 0.4) is 0 Å². The third-order valence-electron chi connectivity index (χ3n) is 3.53. The number of hydrogen-bond acceptors (Lipinski definition) is 3. The van der Waals surface area contributed by atoms with E-state index in [0.717, 1.165) is 17.1 Å². The highest BCUT2D eigenvalue weighted by Crippen LogP contribution is 2.23. The minimum atomic E-state index is 0. The van der Waals surface area contributed by atoms with E-state index in [2.05, 4.69) is 42.5 Å². The molecule has 1 N–H and O–H groups in total. The number of fused-ring (bicyclic) bond motifs is 1. The average Bonchev–Trinajstić information content (AvgIpc) is 2.59. The first-order valence-corrected chi connectivity index (χ1v) is 8.08. The molecule has 3 rings (SSSR count). The lowest BCUT2D eigenvalue weighted by molar-refractivity contribution is 0.414. The second-order valence-electron chi connectivity index (χ2n) is 5.03. The Hall–Kier alpha value is -1.78. The maximum absolute atomic E-state index is 8.22. The van der Waals surface area contributed by atoms with Crippen molar-refractivity contribution in [1.29, 1.82) is 5.41 Å². The van der Waals surface area contributed by atoms with Gasteiger partial charge in [0.2, 0.25) is 0 Å². The van der Waals surface area contributed by atoms with Gasteiger partial charge in [0.15, 0.2) is 0 Å². The van der Waals surface area contributed by atoms with E-state index in [9.17, 15) is 0 Å². The van der Waals surface area contributed by atoms with Crippen LogP contribution in [0.1, 0.15) is 11.1 Å². The Morgan fingerprint density at radius 1 is 0.957 bits per heavy atom. The van der Waals surface area contributed by atoms with Crippen LogP contribution in [0.25, 0.3) is 10.8 Å². The number of hydrogen-bond donors (Lipinski definition) is 1. The minimum absolute atomic E-state index is 0. The van der Waals surface area contributed by atoms with Gasteiger partial charge in [-0.2, -0.15) is 0 Å². The maximum Gasteiger partial charge on any atom is 0.119 e. The molecule has 0 fully saturated rings. The van der Waals surface area contributed by atoms with Crippen molar-refractivity contribution in [3.8, 4) is 5.75 Å². The van der Waals surface area contributed by atoms with Crippen molar-refractivity contribution in [3.63, 3.8) is 0 Å². The summed E-state index contributed by atoms with van der Waals surface area (Å²) in [5.74, 6) is 1.58. The van der Waals surface area contributed by atoms with Gasteiger partial charge >= 0.3 is 0 Å². The summed E-state index contributed by atoms with van der Waals surface area (Å²) in [6.45, 7) is 0. The van der Waals surface area contributed by atoms with Gasteiger partial charge in [-0.3, -0.25) is 5.41 Å². The Bertz CT molecular complexity index is 819. The molecule has 23 heavy (non-hydrogen) atoms. The summed E-state index contributed by atoms with van der Waals surface area (Å²) in [5, 5.41) is 11.3. The maximum atomic E-state index is 8.22. The van der Waals surface area contributed by atoms with E-state index in [1.165, 1.54) is 28.1 Å². The number of methoxy groups -OCH3 is 1. The van der Waals surface area contributed by atoms with Gasteiger partial charge < -0.3 is 4.74 Å². The third kappa shape index (κ3) is 4.36. The highest BCUT2D eigenvalue weighted by molar-refractivity contribution is 8.93. The molecular weight excluding hydrogens is 370 g/mol. The lowest BCUT2D eigenvalue weighted by atomic mass is 10.1. The van der Waals surface area contributed by atoms with E-state index in [4.69, 9.17) is 10.1 Å². The quantitative estimate of drug-likeness (QED) is 0.460. The smallest absolute Gasteiger partial charge is 0.119 e. The van der Waals surface area contributed by atoms with Crippen molar-refractivity contribution >= 4 is 44.6 Å². The molecule has 118 valence electrons. The Morgan fingerprint density at radius 2 is 1.74 bits per heavy atom. The number of thioether (sulfide) groups is 1. The second kappa shape index (κ2) is 8.18. The van der Waals surface area contributed by atoms with Crippen LogP contribution >= 0.6 is 28.7 Å². The molecular formula is C19H18BrNOS. The summed E-state index contributed by atoms with van der Waals surface area (Å²) in [6, 6.07) is 22.5. The van der Waals surface area contributed by atoms with Crippen molar-refractivity contribution in [2.75, 3.05) is 7.11 Å². The Balaban J connectivity index is 0.00000192. The van der Waals surface area contributed by atoms with E-state index >= 15 is 0 Å². The van der Waals surface area contributed by atoms with Crippen molar-refractivity contribution in [2.45, 2.75) is 5.75 Å².